The van der Waals surface area contributed by atoms with Gasteiger partial charge in [-0.1, -0.05) is 0 Å². The van der Waals surface area contributed by atoms with Gasteiger partial charge in [-0.2, -0.15) is 0 Å². The molecule has 1 aliphatic carbocycles. The van der Waals surface area contributed by atoms with E-state index in [4.69, 9.17) is 0 Å². The number of nitrogens with one attached hydrogen (secondary N) is 1. The van der Waals surface area contributed by atoms with Gasteiger partial charge in [0, 0.05) is 30.7 Å². The predicted molar refractivity (Wildman–Crippen MR) is 76.1 cm³/mol. The lowest BCUT2D eigenvalue weighted by Crippen LogP contribution is -2.35. The third-order valence-electron chi connectivity index (χ3n) is 3.52. The summed E-state index contributed by atoms with van der Waals surface area (Å²) in [6.45, 7) is 8.24. The minimum absolute atomic E-state index is 0.0468. The van der Waals surface area contributed by atoms with Crippen LogP contribution in [-0.2, 0) is 6.54 Å². The Labute approximate surface area is 113 Å². The molecule has 0 aliphatic heterocycles. The first-order valence-corrected chi connectivity index (χ1v) is 7.63. The van der Waals surface area contributed by atoms with Crippen LogP contribution in [0.5, 0.6) is 0 Å². The van der Waals surface area contributed by atoms with E-state index in [0.29, 0.717) is 5.92 Å². The highest BCUT2D eigenvalue weighted by molar-refractivity contribution is 7.15. The van der Waals surface area contributed by atoms with E-state index in [9.17, 15) is 5.11 Å². The molecule has 0 unspecified atom stereocenters. The van der Waals surface area contributed by atoms with Gasteiger partial charge < -0.3 is 15.3 Å². The smallest absolute Gasteiger partial charge is 0.185 e. The number of aromatic nitrogens is 1. The SMILES string of the molecule is CCN(CC)c1ncc(CNCC2CC(O)C2)s1. The summed E-state index contributed by atoms with van der Waals surface area (Å²) in [4.78, 5) is 8.03. The quantitative estimate of drug-likeness (QED) is 0.793. The summed E-state index contributed by atoms with van der Waals surface area (Å²) in [5.41, 5.74) is 0. The molecule has 4 nitrogen and oxygen atoms in total. The monoisotopic (exact) mass is 269 g/mol. The third-order valence-corrected chi connectivity index (χ3v) is 4.58. The van der Waals surface area contributed by atoms with Gasteiger partial charge in [-0.3, -0.25) is 0 Å². The average molecular weight is 269 g/mol. The third kappa shape index (κ3) is 3.43. The van der Waals surface area contributed by atoms with E-state index in [2.05, 4.69) is 29.0 Å². The Kier molecular flexibility index (Phi) is 4.97. The summed E-state index contributed by atoms with van der Waals surface area (Å²) < 4.78 is 0. The van der Waals surface area contributed by atoms with E-state index in [1.54, 1.807) is 11.3 Å². The fourth-order valence-corrected chi connectivity index (χ4v) is 3.29. The summed E-state index contributed by atoms with van der Waals surface area (Å²) in [5, 5.41) is 13.8. The Morgan fingerprint density at radius 1 is 1.44 bits per heavy atom. The first-order valence-electron chi connectivity index (χ1n) is 6.81. The number of aliphatic hydroxyl groups is 1. The van der Waals surface area contributed by atoms with Crippen molar-refractivity contribution in [3.63, 3.8) is 0 Å². The van der Waals surface area contributed by atoms with Crippen LogP contribution in [-0.4, -0.2) is 35.8 Å². The summed E-state index contributed by atoms with van der Waals surface area (Å²) in [6, 6.07) is 0. The molecule has 2 N–H and O–H groups in total. The van der Waals surface area contributed by atoms with Crippen molar-refractivity contribution in [3.8, 4) is 0 Å². The second kappa shape index (κ2) is 6.50. The molecule has 0 bridgehead atoms. The number of hydrogen-bond acceptors (Lipinski definition) is 5. The maximum Gasteiger partial charge on any atom is 0.185 e. The Balaban J connectivity index is 1.73. The molecular weight excluding hydrogens is 246 g/mol. The molecular formula is C13H23N3OS. The topological polar surface area (TPSA) is 48.4 Å². The van der Waals surface area contributed by atoms with Crippen molar-refractivity contribution in [2.75, 3.05) is 24.5 Å². The Hall–Kier alpha value is -0.650. The molecule has 0 aromatic carbocycles. The van der Waals surface area contributed by atoms with E-state index >= 15 is 0 Å². The molecule has 0 saturated heterocycles. The van der Waals surface area contributed by atoms with E-state index < -0.39 is 0 Å². The molecule has 5 heteroatoms. The zero-order valence-electron chi connectivity index (χ0n) is 11.2. The van der Waals surface area contributed by atoms with Gasteiger partial charge in [0.15, 0.2) is 5.13 Å². The van der Waals surface area contributed by atoms with Crippen LogP contribution in [0.3, 0.4) is 0 Å². The first-order chi connectivity index (χ1) is 8.72. The molecule has 1 aromatic heterocycles. The van der Waals surface area contributed by atoms with Crippen molar-refractivity contribution >= 4 is 16.5 Å². The minimum atomic E-state index is -0.0468. The van der Waals surface area contributed by atoms with Crippen molar-refractivity contribution < 1.29 is 5.11 Å². The molecule has 1 saturated carbocycles. The number of hydrogen-bond donors (Lipinski definition) is 2. The fourth-order valence-electron chi connectivity index (χ4n) is 2.29. The number of aliphatic hydroxyl groups excluding tert-OH is 1. The highest BCUT2D eigenvalue weighted by atomic mass is 32.1. The fraction of sp³-hybridized carbons (Fsp3) is 0.769. The lowest BCUT2D eigenvalue weighted by Gasteiger charge is -2.31. The largest absolute Gasteiger partial charge is 0.393 e. The zero-order chi connectivity index (χ0) is 13.0. The van der Waals surface area contributed by atoms with Crippen molar-refractivity contribution in [1.82, 2.24) is 10.3 Å². The van der Waals surface area contributed by atoms with Crippen LogP contribution in [0.1, 0.15) is 31.6 Å². The molecule has 1 aromatic rings. The van der Waals surface area contributed by atoms with E-state index in [1.165, 1.54) is 4.88 Å². The van der Waals surface area contributed by atoms with Crippen LogP contribution in [0, 0.1) is 5.92 Å². The van der Waals surface area contributed by atoms with Crippen LogP contribution >= 0.6 is 11.3 Å². The number of nitrogens with zero attached hydrogens (tertiary/aromatic N) is 2. The second-order valence-electron chi connectivity index (χ2n) is 4.90. The molecule has 1 aliphatic rings. The molecule has 0 atom stereocenters. The van der Waals surface area contributed by atoms with Gasteiger partial charge in [0.05, 0.1) is 6.10 Å². The zero-order valence-corrected chi connectivity index (χ0v) is 12.0. The molecule has 0 amide bonds. The molecule has 1 heterocycles. The van der Waals surface area contributed by atoms with E-state index in [1.807, 2.05) is 6.20 Å². The van der Waals surface area contributed by atoms with Crippen LogP contribution in [0.25, 0.3) is 0 Å². The molecule has 102 valence electrons. The Morgan fingerprint density at radius 3 is 2.78 bits per heavy atom. The van der Waals surface area contributed by atoms with E-state index in [0.717, 1.165) is 44.2 Å². The minimum Gasteiger partial charge on any atom is -0.393 e. The van der Waals surface area contributed by atoms with Gasteiger partial charge in [-0.15, -0.1) is 11.3 Å². The lowest BCUT2D eigenvalue weighted by molar-refractivity contribution is 0.0430. The normalized spacial score (nSPS) is 22.8. The second-order valence-corrected chi connectivity index (χ2v) is 6.00. The Morgan fingerprint density at radius 2 is 2.17 bits per heavy atom. The maximum atomic E-state index is 9.21. The van der Waals surface area contributed by atoms with Crippen molar-refractivity contribution in [2.24, 2.45) is 5.92 Å². The van der Waals surface area contributed by atoms with Crippen LogP contribution < -0.4 is 10.2 Å². The van der Waals surface area contributed by atoms with Gasteiger partial charge in [0.1, 0.15) is 0 Å². The van der Waals surface area contributed by atoms with E-state index in [-0.39, 0.29) is 6.10 Å². The first kappa shape index (κ1) is 13.8. The molecule has 0 radical (unpaired) electrons. The van der Waals surface area contributed by atoms with Gasteiger partial charge >= 0.3 is 0 Å². The molecule has 18 heavy (non-hydrogen) atoms. The lowest BCUT2D eigenvalue weighted by atomic mass is 9.82. The van der Waals surface area contributed by atoms with Crippen molar-refractivity contribution in [1.29, 1.82) is 0 Å². The molecule has 1 fully saturated rings. The van der Waals surface area contributed by atoms with Gasteiger partial charge in [-0.25, -0.2) is 4.98 Å². The van der Waals surface area contributed by atoms with Crippen molar-refractivity contribution in [2.45, 2.75) is 39.3 Å². The molecule has 2 rings (SSSR count). The number of anilines is 1. The highest BCUT2D eigenvalue weighted by Gasteiger charge is 2.26. The predicted octanol–water partition coefficient (Wildman–Crippen LogP) is 1.85. The van der Waals surface area contributed by atoms with Crippen LogP contribution in [0.4, 0.5) is 5.13 Å². The van der Waals surface area contributed by atoms with Crippen molar-refractivity contribution in [3.05, 3.63) is 11.1 Å². The summed E-state index contributed by atoms with van der Waals surface area (Å²) >= 11 is 1.77. The van der Waals surface area contributed by atoms with Gasteiger partial charge in [-0.05, 0) is 39.2 Å². The summed E-state index contributed by atoms with van der Waals surface area (Å²) in [7, 11) is 0. The van der Waals surface area contributed by atoms with Crippen LogP contribution in [0.2, 0.25) is 0 Å². The number of rotatable bonds is 7. The van der Waals surface area contributed by atoms with Gasteiger partial charge in [0.2, 0.25) is 0 Å². The standard InChI is InChI=1S/C13H23N3OS/c1-3-16(4-2)13-15-9-12(18-13)8-14-7-10-5-11(17)6-10/h9-11,14,17H,3-8H2,1-2H3. The maximum absolute atomic E-state index is 9.21. The summed E-state index contributed by atoms with van der Waals surface area (Å²) in [6.07, 6.45) is 3.84. The van der Waals surface area contributed by atoms with Crippen LogP contribution in [0.15, 0.2) is 6.20 Å². The average Bonchev–Trinajstić information content (AvgIpc) is 2.77. The Bertz CT molecular complexity index is 359. The highest BCUT2D eigenvalue weighted by Crippen LogP contribution is 2.26. The molecule has 0 spiro atoms. The summed E-state index contributed by atoms with van der Waals surface area (Å²) in [5.74, 6) is 0.662. The number of thiazole rings is 1. The van der Waals surface area contributed by atoms with Gasteiger partial charge in [0.25, 0.3) is 0 Å².